The summed E-state index contributed by atoms with van der Waals surface area (Å²) in [7, 11) is -4.43. The molecule has 0 unspecified atom stereocenters. The zero-order chi connectivity index (χ0) is 11.6. The van der Waals surface area contributed by atoms with Gasteiger partial charge < -0.3 is 9.87 Å². The molecule has 1 N–H and O–H groups in total. The first-order valence-electron chi connectivity index (χ1n) is 4.15. The molecule has 0 atom stereocenters. The zero-order valence-electron chi connectivity index (χ0n) is 9.27. The number of carbonyl (C=O) groups excluding carboxylic acids is 1. The summed E-state index contributed by atoms with van der Waals surface area (Å²) in [6.07, 6.45) is 0. The van der Waals surface area contributed by atoms with Gasteiger partial charge in [-0.3, -0.25) is 4.79 Å². The molecule has 0 heterocycles. The van der Waals surface area contributed by atoms with Crippen molar-refractivity contribution in [2.45, 2.75) is 18.7 Å². The molecule has 5 nitrogen and oxygen atoms in total. The first-order chi connectivity index (χ1) is 6.80. The molecule has 1 amide bonds. The normalized spacial score (nSPS) is 10.4. The Morgan fingerprint density at radius 3 is 2.31 bits per heavy atom. The molecule has 1 aromatic rings. The van der Waals surface area contributed by atoms with Gasteiger partial charge in [-0.25, -0.2) is 8.42 Å². The molecule has 82 valence electrons. The van der Waals surface area contributed by atoms with Crippen LogP contribution in [0.25, 0.3) is 0 Å². The van der Waals surface area contributed by atoms with Crippen LogP contribution in [0.3, 0.4) is 0 Å². The Bertz CT molecular complexity index is 498. The molecule has 1 aromatic carbocycles. The Kier molecular flexibility index (Phi) is 5.64. The maximum Gasteiger partial charge on any atom is 1.00 e. The molecule has 0 bridgehead atoms. The Morgan fingerprint density at radius 2 is 1.94 bits per heavy atom. The number of rotatable bonds is 2. The van der Waals surface area contributed by atoms with Crippen LogP contribution in [0.15, 0.2) is 23.1 Å². The maximum atomic E-state index is 10.8. The van der Waals surface area contributed by atoms with Crippen LogP contribution in [-0.4, -0.2) is 18.9 Å². The van der Waals surface area contributed by atoms with E-state index in [9.17, 15) is 17.8 Å². The van der Waals surface area contributed by atoms with E-state index in [0.717, 1.165) is 0 Å². The summed E-state index contributed by atoms with van der Waals surface area (Å²) < 4.78 is 32.0. The molecule has 0 aliphatic heterocycles. The van der Waals surface area contributed by atoms with Gasteiger partial charge in [-0.2, -0.15) is 0 Å². The molecule has 0 fully saturated rings. The molecule has 0 saturated heterocycles. The third-order valence-corrected chi connectivity index (χ3v) is 2.63. The van der Waals surface area contributed by atoms with Crippen LogP contribution in [0.2, 0.25) is 0 Å². The van der Waals surface area contributed by atoms with E-state index in [1.165, 1.54) is 25.1 Å². The summed E-state index contributed by atoms with van der Waals surface area (Å²) in [5.41, 5.74) is 1.03. The van der Waals surface area contributed by atoms with E-state index in [-0.39, 0.29) is 40.4 Å². The van der Waals surface area contributed by atoms with Gasteiger partial charge in [-0.05, 0) is 30.7 Å². The molecular formula is C9H10NNaO4S. The minimum Gasteiger partial charge on any atom is -0.744 e. The van der Waals surface area contributed by atoms with Crippen molar-refractivity contribution in [1.82, 2.24) is 0 Å². The first kappa shape index (κ1) is 15.6. The van der Waals surface area contributed by atoms with Crippen molar-refractivity contribution >= 4 is 21.7 Å². The van der Waals surface area contributed by atoms with Gasteiger partial charge in [0, 0.05) is 12.6 Å². The van der Waals surface area contributed by atoms with Crippen LogP contribution in [0.1, 0.15) is 12.5 Å². The molecule has 0 saturated carbocycles. The average Bonchev–Trinajstić information content (AvgIpc) is 2.05. The number of aryl methyl sites for hydroxylation is 1. The van der Waals surface area contributed by atoms with Gasteiger partial charge in [0.15, 0.2) is 0 Å². The summed E-state index contributed by atoms with van der Waals surface area (Å²) in [5.74, 6) is -0.254. The Labute approximate surface area is 116 Å². The standard InChI is InChI=1S/C9H11NO4S.Na/c1-6-5-8(15(12,13)14)3-4-9(6)10-7(2)11;/h3-5H,1-2H3,(H,10,11)(H,12,13,14);/q;+1/p-1. The molecule has 0 aromatic heterocycles. The number of benzene rings is 1. The van der Waals surface area contributed by atoms with Crippen molar-refractivity contribution in [3.8, 4) is 0 Å². The van der Waals surface area contributed by atoms with E-state index in [1.807, 2.05) is 0 Å². The summed E-state index contributed by atoms with van der Waals surface area (Å²) in [6, 6.07) is 3.79. The van der Waals surface area contributed by atoms with Crippen LogP contribution in [0.4, 0.5) is 5.69 Å². The number of carbonyl (C=O) groups is 1. The fourth-order valence-electron chi connectivity index (χ4n) is 1.12. The largest absolute Gasteiger partial charge is 1.00 e. The molecule has 1 rings (SSSR count). The second kappa shape index (κ2) is 5.79. The quantitative estimate of drug-likeness (QED) is 0.480. The van der Waals surface area contributed by atoms with Crippen LogP contribution in [-0.2, 0) is 14.9 Å². The summed E-state index contributed by atoms with van der Waals surface area (Å²) >= 11 is 0. The molecule has 7 heteroatoms. The minimum absolute atomic E-state index is 0. The van der Waals surface area contributed by atoms with Gasteiger partial charge in [0.25, 0.3) is 0 Å². The molecule has 16 heavy (non-hydrogen) atoms. The third-order valence-electron chi connectivity index (χ3n) is 1.80. The van der Waals surface area contributed by atoms with Crippen LogP contribution in [0, 0.1) is 6.92 Å². The van der Waals surface area contributed by atoms with Crippen molar-refractivity contribution in [1.29, 1.82) is 0 Å². The Hall–Kier alpha value is -0.400. The van der Waals surface area contributed by atoms with E-state index < -0.39 is 10.1 Å². The van der Waals surface area contributed by atoms with Crippen LogP contribution in [0.5, 0.6) is 0 Å². The molecule has 0 spiro atoms. The number of hydrogen-bond acceptors (Lipinski definition) is 4. The van der Waals surface area contributed by atoms with Crippen molar-refractivity contribution in [2.24, 2.45) is 0 Å². The Morgan fingerprint density at radius 1 is 1.38 bits per heavy atom. The maximum absolute atomic E-state index is 10.8. The number of hydrogen-bond donors (Lipinski definition) is 1. The molecule has 0 aliphatic carbocycles. The summed E-state index contributed by atoms with van der Waals surface area (Å²) in [6.45, 7) is 2.96. The topological polar surface area (TPSA) is 86.3 Å². The van der Waals surface area contributed by atoms with Crippen molar-refractivity contribution in [2.75, 3.05) is 5.32 Å². The number of anilines is 1. The minimum atomic E-state index is -4.43. The van der Waals surface area contributed by atoms with Crippen molar-refractivity contribution in [3.05, 3.63) is 23.8 Å². The zero-order valence-corrected chi connectivity index (χ0v) is 12.1. The van der Waals surface area contributed by atoms with Gasteiger partial charge in [-0.1, -0.05) is 0 Å². The number of amides is 1. The number of nitrogens with one attached hydrogen (secondary N) is 1. The monoisotopic (exact) mass is 251 g/mol. The summed E-state index contributed by atoms with van der Waals surface area (Å²) in [4.78, 5) is 10.5. The van der Waals surface area contributed by atoms with Gasteiger partial charge in [0.1, 0.15) is 10.1 Å². The molecule has 0 aliphatic rings. The summed E-state index contributed by atoms with van der Waals surface area (Å²) in [5, 5.41) is 2.52. The first-order valence-corrected chi connectivity index (χ1v) is 5.55. The Balaban J connectivity index is 0.00000225. The molecule has 0 radical (unpaired) electrons. The van der Waals surface area contributed by atoms with Crippen molar-refractivity contribution in [3.63, 3.8) is 0 Å². The van der Waals surface area contributed by atoms with E-state index in [0.29, 0.717) is 11.3 Å². The molecular weight excluding hydrogens is 241 g/mol. The fraction of sp³-hybridized carbons (Fsp3) is 0.222. The average molecular weight is 251 g/mol. The van der Waals surface area contributed by atoms with Gasteiger partial charge in [-0.15, -0.1) is 0 Å². The van der Waals surface area contributed by atoms with E-state index >= 15 is 0 Å². The third kappa shape index (κ3) is 4.23. The van der Waals surface area contributed by atoms with E-state index in [2.05, 4.69) is 5.32 Å². The SMILES string of the molecule is CC(=O)Nc1ccc(S(=O)(=O)[O-])cc1C.[Na+]. The second-order valence-electron chi connectivity index (χ2n) is 3.11. The predicted octanol–water partition coefficient (Wildman–Crippen LogP) is -2.14. The van der Waals surface area contributed by atoms with E-state index in [4.69, 9.17) is 0 Å². The van der Waals surface area contributed by atoms with Crippen molar-refractivity contribution < 1.29 is 47.3 Å². The van der Waals surface area contributed by atoms with Gasteiger partial charge in [0.05, 0.1) is 4.90 Å². The van der Waals surface area contributed by atoms with Crippen LogP contribution >= 0.6 is 0 Å². The smallest absolute Gasteiger partial charge is 0.744 e. The van der Waals surface area contributed by atoms with Gasteiger partial charge >= 0.3 is 29.6 Å². The second-order valence-corrected chi connectivity index (χ2v) is 4.49. The fourth-order valence-corrected chi connectivity index (χ4v) is 1.68. The predicted molar refractivity (Wildman–Crippen MR) is 53.4 cm³/mol. The van der Waals surface area contributed by atoms with E-state index in [1.54, 1.807) is 6.92 Å². The van der Waals surface area contributed by atoms with Gasteiger partial charge in [0.2, 0.25) is 5.91 Å². The van der Waals surface area contributed by atoms with Crippen LogP contribution < -0.4 is 34.9 Å².